The van der Waals surface area contributed by atoms with Gasteiger partial charge in [0.15, 0.2) is 5.79 Å². The van der Waals surface area contributed by atoms with Gasteiger partial charge in [0.05, 0.1) is 19.8 Å². The van der Waals surface area contributed by atoms with Crippen molar-refractivity contribution in [2.45, 2.75) is 25.6 Å². The number of ether oxygens (including phenoxy) is 2. The van der Waals surface area contributed by atoms with E-state index in [9.17, 15) is 0 Å². The number of nitrogen functional groups attached to an aromatic ring is 1. The van der Waals surface area contributed by atoms with Gasteiger partial charge in [-0.1, -0.05) is 0 Å². The predicted molar refractivity (Wildman–Crippen MR) is 69.5 cm³/mol. The highest BCUT2D eigenvalue weighted by Crippen LogP contribution is 2.32. The lowest BCUT2D eigenvalue weighted by molar-refractivity contribution is -0.161. The predicted octanol–water partition coefficient (Wildman–Crippen LogP) is 1.32. The minimum atomic E-state index is -0.417. The molecule has 2 fully saturated rings. The van der Waals surface area contributed by atoms with E-state index in [-0.39, 0.29) is 0 Å². The maximum absolute atomic E-state index is 5.94. The Morgan fingerprint density at radius 3 is 2.89 bits per heavy atom. The van der Waals surface area contributed by atoms with Crippen LogP contribution in [0.25, 0.3) is 0 Å². The van der Waals surface area contributed by atoms with E-state index in [1.165, 1.54) is 0 Å². The van der Waals surface area contributed by atoms with Crippen LogP contribution in [-0.2, 0) is 9.47 Å². The monoisotopic (exact) mass is 249 g/mol. The summed E-state index contributed by atoms with van der Waals surface area (Å²) in [5, 5.41) is 0. The van der Waals surface area contributed by atoms with Crippen LogP contribution >= 0.6 is 0 Å². The van der Waals surface area contributed by atoms with Gasteiger partial charge in [0, 0.05) is 30.9 Å². The van der Waals surface area contributed by atoms with Crippen molar-refractivity contribution < 1.29 is 9.47 Å². The summed E-state index contributed by atoms with van der Waals surface area (Å²) < 4.78 is 11.5. The summed E-state index contributed by atoms with van der Waals surface area (Å²) in [5.41, 5.74) is 7.74. The van der Waals surface area contributed by atoms with Crippen LogP contribution in [0, 0.1) is 6.92 Å². The lowest BCUT2D eigenvalue weighted by Gasteiger charge is -2.39. The number of nitrogens with zero attached hydrogens (tertiary/aromatic N) is 2. The van der Waals surface area contributed by atoms with Crippen molar-refractivity contribution in [1.82, 2.24) is 4.98 Å². The summed E-state index contributed by atoms with van der Waals surface area (Å²) in [4.78, 5) is 6.65. The first-order chi connectivity index (χ1) is 8.69. The Morgan fingerprint density at radius 1 is 1.39 bits per heavy atom. The highest BCUT2D eigenvalue weighted by Gasteiger charge is 2.41. The molecule has 18 heavy (non-hydrogen) atoms. The average molecular weight is 249 g/mol. The van der Waals surface area contributed by atoms with Gasteiger partial charge in [-0.2, -0.15) is 0 Å². The van der Waals surface area contributed by atoms with Gasteiger partial charge < -0.3 is 20.1 Å². The second kappa shape index (κ2) is 4.40. The van der Waals surface area contributed by atoms with E-state index in [0.29, 0.717) is 13.2 Å². The van der Waals surface area contributed by atoms with Crippen molar-refractivity contribution in [2.75, 3.05) is 36.9 Å². The molecule has 1 spiro atoms. The Balaban J connectivity index is 1.81. The fraction of sp³-hybridized carbons (Fsp3) is 0.615. The van der Waals surface area contributed by atoms with Crippen LogP contribution in [0.15, 0.2) is 12.3 Å². The number of aromatic nitrogens is 1. The van der Waals surface area contributed by atoms with Crippen LogP contribution < -0.4 is 10.6 Å². The molecule has 2 aliphatic rings. The zero-order chi connectivity index (χ0) is 12.6. The fourth-order valence-corrected chi connectivity index (χ4v) is 2.62. The molecule has 0 bridgehead atoms. The summed E-state index contributed by atoms with van der Waals surface area (Å²) in [5.74, 6) is 0.496. The second-order valence-electron chi connectivity index (χ2n) is 5.03. The van der Waals surface area contributed by atoms with Crippen LogP contribution in [0.2, 0.25) is 0 Å². The molecule has 0 atom stereocenters. The zero-order valence-corrected chi connectivity index (χ0v) is 10.7. The summed E-state index contributed by atoms with van der Waals surface area (Å²) in [6.45, 7) is 5.06. The average Bonchev–Trinajstić information content (AvgIpc) is 2.81. The maximum atomic E-state index is 5.94. The molecular weight excluding hydrogens is 230 g/mol. The quantitative estimate of drug-likeness (QED) is 0.813. The van der Waals surface area contributed by atoms with Gasteiger partial charge >= 0.3 is 0 Å². The van der Waals surface area contributed by atoms with Crippen molar-refractivity contribution in [3.63, 3.8) is 0 Å². The first-order valence-electron chi connectivity index (χ1n) is 6.44. The third-order valence-electron chi connectivity index (χ3n) is 3.69. The third kappa shape index (κ3) is 2.04. The largest absolute Gasteiger partial charge is 0.398 e. The molecule has 0 amide bonds. The smallest absolute Gasteiger partial charge is 0.186 e. The van der Waals surface area contributed by atoms with Crippen LogP contribution in [0.4, 0.5) is 11.5 Å². The SMILES string of the molecule is Cc1cnc(N2CCCC3(C2)OCCO3)cc1N. The zero-order valence-electron chi connectivity index (χ0n) is 10.7. The van der Waals surface area contributed by atoms with Crippen LogP contribution in [0.1, 0.15) is 18.4 Å². The molecule has 98 valence electrons. The van der Waals surface area contributed by atoms with Crippen molar-refractivity contribution in [3.8, 4) is 0 Å². The van der Waals surface area contributed by atoms with Gasteiger partial charge in [0.25, 0.3) is 0 Å². The van der Waals surface area contributed by atoms with Crippen LogP contribution in [0.3, 0.4) is 0 Å². The second-order valence-corrected chi connectivity index (χ2v) is 5.03. The van der Waals surface area contributed by atoms with Crippen LogP contribution in [0.5, 0.6) is 0 Å². The highest BCUT2D eigenvalue weighted by molar-refractivity contribution is 5.55. The molecule has 2 aliphatic heterocycles. The molecule has 0 unspecified atom stereocenters. The molecule has 2 N–H and O–H groups in total. The lowest BCUT2D eigenvalue weighted by atomic mass is 10.0. The van der Waals surface area contributed by atoms with E-state index < -0.39 is 5.79 Å². The van der Waals surface area contributed by atoms with Gasteiger partial charge in [0.2, 0.25) is 0 Å². The molecule has 1 aromatic rings. The van der Waals surface area contributed by atoms with E-state index >= 15 is 0 Å². The maximum Gasteiger partial charge on any atom is 0.186 e. The van der Waals surface area contributed by atoms with Gasteiger partial charge in [-0.25, -0.2) is 4.98 Å². The van der Waals surface area contributed by atoms with Gasteiger partial charge in [-0.3, -0.25) is 0 Å². The normalized spacial score (nSPS) is 22.6. The van der Waals surface area contributed by atoms with Gasteiger partial charge in [-0.15, -0.1) is 0 Å². The number of rotatable bonds is 1. The molecular formula is C13H19N3O2. The number of pyridine rings is 1. The Kier molecular flexibility index (Phi) is 2.87. The minimum absolute atomic E-state index is 0.417. The highest BCUT2D eigenvalue weighted by atomic mass is 16.7. The van der Waals surface area contributed by atoms with E-state index in [1.807, 2.05) is 19.2 Å². The number of nitrogens with two attached hydrogens (primary N) is 1. The molecule has 1 aromatic heterocycles. The minimum Gasteiger partial charge on any atom is -0.398 e. The molecule has 0 aliphatic carbocycles. The van der Waals surface area contributed by atoms with Crippen molar-refractivity contribution >= 4 is 11.5 Å². The first-order valence-corrected chi connectivity index (χ1v) is 6.44. The van der Waals surface area contributed by atoms with E-state index in [1.54, 1.807) is 0 Å². The molecule has 0 saturated carbocycles. The van der Waals surface area contributed by atoms with Gasteiger partial charge in [0.1, 0.15) is 5.82 Å². The lowest BCUT2D eigenvalue weighted by Crippen LogP contribution is -2.49. The Hall–Kier alpha value is -1.33. The molecule has 0 radical (unpaired) electrons. The number of hydrogen-bond donors (Lipinski definition) is 1. The fourth-order valence-electron chi connectivity index (χ4n) is 2.62. The van der Waals surface area contributed by atoms with Crippen molar-refractivity contribution in [1.29, 1.82) is 0 Å². The summed E-state index contributed by atoms with van der Waals surface area (Å²) in [7, 11) is 0. The van der Waals surface area contributed by atoms with E-state index in [0.717, 1.165) is 43.0 Å². The van der Waals surface area contributed by atoms with E-state index in [2.05, 4.69) is 9.88 Å². The number of hydrogen-bond acceptors (Lipinski definition) is 5. The van der Waals surface area contributed by atoms with Gasteiger partial charge in [-0.05, 0) is 18.9 Å². The molecule has 2 saturated heterocycles. The molecule has 3 rings (SSSR count). The molecule has 0 aromatic carbocycles. The van der Waals surface area contributed by atoms with Crippen LogP contribution in [-0.4, -0.2) is 37.1 Å². The number of piperidine rings is 1. The molecule has 3 heterocycles. The Bertz CT molecular complexity index is 444. The number of anilines is 2. The van der Waals surface area contributed by atoms with Crippen molar-refractivity contribution in [2.24, 2.45) is 0 Å². The van der Waals surface area contributed by atoms with Crippen molar-refractivity contribution in [3.05, 3.63) is 17.8 Å². The summed E-state index contributed by atoms with van der Waals surface area (Å²) in [6, 6.07) is 1.93. The molecule has 5 heteroatoms. The Morgan fingerprint density at radius 2 is 2.17 bits per heavy atom. The molecule has 5 nitrogen and oxygen atoms in total. The standard InChI is InChI=1S/C13H19N3O2/c1-10-8-15-12(7-11(10)14)16-4-2-3-13(9-16)17-5-6-18-13/h7-8H,2-6,9H2,1H3,(H2,14,15). The Labute approximate surface area is 107 Å². The van der Waals surface area contributed by atoms with E-state index in [4.69, 9.17) is 15.2 Å². The number of aryl methyl sites for hydroxylation is 1. The first kappa shape index (κ1) is 11.7. The topological polar surface area (TPSA) is 60.6 Å². The summed E-state index contributed by atoms with van der Waals surface area (Å²) >= 11 is 0. The third-order valence-corrected chi connectivity index (χ3v) is 3.69. The summed E-state index contributed by atoms with van der Waals surface area (Å²) in [6.07, 6.45) is 3.84.